The number of ether oxygens (including phenoxy) is 1. The zero-order valence-corrected chi connectivity index (χ0v) is 16.6. The van der Waals surface area contributed by atoms with Crippen molar-refractivity contribution in [3.63, 3.8) is 0 Å². The molecule has 0 unspecified atom stereocenters. The smallest absolute Gasteiger partial charge is 0.295 e. The van der Waals surface area contributed by atoms with E-state index >= 15 is 0 Å². The van der Waals surface area contributed by atoms with Crippen molar-refractivity contribution in [1.29, 1.82) is 0 Å². The Morgan fingerprint density at radius 3 is 2.48 bits per heavy atom. The van der Waals surface area contributed by atoms with Gasteiger partial charge in [0, 0.05) is 5.56 Å². The maximum atomic E-state index is 13.5. The number of amides is 1. The number of carbonyl (C=O) groups excluding carboxylic acids is 2. The van der Waals surface area contributed by atoms with E-state index < -0.39 is 23.5 Å². The van der Waals surface area contributed by atoms with E-state index in [9.17, 15) is 19.1 Å². The summed E-state index contributed by atoms with van der Waals surface area (Å²) in [6.07, 6.45) is 0. The van der Waals surface area contributed by atoms with Gasteiger partial charge in [0.15, 0.2) is 0 Å². The minimum atomic E-state index is -0.791. The maximum Gasteiger partial charge on any atom is 0.295 e. The molecule has 1 aliphatic heterocycles. The van der Waals surface area contributed by atoms with Gasteiger partial charge < -0.3 is 19.6 Å². The van der Waals surface area contributed by atoms with Crippen LogP contribution in [-0.4, -0.2) is 56.0 Å². The Hall–Kier alpha value is -3.19. The average Bonchev–Trinajstić information content (AvgIpc) is 2.97. The van der Waals surface area contributed by atoms with Crippen LogP contribution in [0.1, 0.15) is 17.2 Å². The number of hydrogen-bond donors (Lipinski definition) is 2. The normalized spacial score (nSPS) is 18.5. The number of methoxy groups -OCH3 is 1. The highest BCUT2D eigenvalue weighted by molar-refractivity contribution is 6.46. The van der Waals surface area contributed by atoms with E-state index in [1.165, 1.54) is 36.3 Å². The van der Waals surface area contributed by atoms with Crippen LogP contribution in [0.4, 0.5) is 4.39 Å². The van der Waals surface area contributed by atoms with Crippen molar-refractivity contribution >= 4 is 17.4 Å². The predicted molar refractivity (Wildman–Crippen MR) is 106 cm³/mol. The summed E-state index contributed by atoms with van der Waals surface area (Å²) in [6.45, 7) is 0.938. The first-order chi connectivity index (χ1) is 13.8. The largest absolute Gasteiger partial charge is 0.507 e. The van der Waals surface area contributed by atoms with Gasteiger partial charge in [-0.15, -0.1) is 0 Å². The standard InChI is InChI=1S/C22H23FN2O4/c1-24(2)11-12-25-19(14-7-9-16(23)10-8-14)18(21(27)22(25)28)20(26)15-5-4-6-17(13-15)29-3/h4-10,13,19,26H,11-12H2,1-3H3/p+1/t19-/m0/s1. The van der Waals surface area contributed by atoms with Gasteiger partial charge in [-0.25, -0.2) is 4.39 Å². The van der Waals surface area contributed by atoms with Crippen LogP contribution in [0, 0.1) is 5.82 Å². The number of likely N-dealkylation sites (tertiary alicyclic amines) is 1. The van der Waals surface area contributed by atoms with E-state index in [1.54, 1.807) is 24.3 Å². The fourth-order valence-electron chi connectivity index (χ4n) is 3.37. The number of rotatable bonds is 6. The van der Waals surface area contributed by atoms with Crippen molar-refractivity contribution < 1.29 is 28.7 Å². The molecular formula is C22H24FN2O4+. The molecule has 3 rings (SSSR count). The van der Waals surface area contributed by atoms with Crippen molar-refractivity contribution in [3.8, 4) is 5.75 Å². The number of nitrogens with zero attached hydrogens (tertiary/aromatic N) is 1. The van der Waals surface area contributed by atoms with Gasteiger partial charge in [-0.2, -0.15) is 0 Å². The van der Waals surface area contributed by atoms with Crippen LogP contribution in [0.5, 0.6) is 5.75 Å². The molecule has 1 aliphatic rings. The Bertz CT molecular complexity index is 954. The lowest BCUT2D eigenvalue weighted by Gasteiger charge is -2.25. The van der Waals surface area contributed by atoms with E-state index in [0.29, 0.717) is 30.0 Å². The van der Waals surface area contributed by atoms with Gasteiger partial charge in [0.25, 0.3) is 11.7 Å². The second-order valence-electron chi connectivity index (χ2n) is 7.23. The number of halogens is 1. The summed E-state index contributed by atoms with van der Waals surface area (Å²) in [7, 11) is 5.39. The lowest BCUT2D eigenvalue weighted by molar-refractivity contribution is -0.857. The topological polar surface area (TPSA) is 71.3 Å². The molecule has 1 amide bonds. The van der Waals surface area contributed by atoms with Gasteiger partial charge >= 0.3 is 0 Å². The van der Waals surface area contributed by atoms with E-state index in [1.807, 2.05) is 14.1 Å². The van der Waals surface area contributed by atoms with Crippen LogP contribution in [0.3, 0.4) is 0 Å². The van der Waals surface area contributed by atoms with Crippen LogP contribution in [0.15, 0.2) is 54.1 Å². The fraction of sp³-hybridized carbons (Fsp3) is 0.273. The predicted octanol–water partition coefficient (Wildman–Crippen LogP) is 1.40. The molecule has 29 heavy (non-hydrogen) atoms. The molecule has 6 nitrogen and oxygen atoms in total. The molecule has 0 saturated carbocycles. The number of carbonyl (C=O) groups is 2. The monoisotopic (exact) mass is 399 g/mol. The number of nitrogens with one attached hydrogen (secondary N) is 1. The molecule has 2 aromatic carbocycles. The molecule has 1 heterocycles. The van der Waals surface area contributed by atoms with E-state index in [2.05, 4.69) is 0 Å². The van der Waals surface area contributed by atoms with Crippen LogP contribution >= 0.6 is 0 Å². The molecule has 2 N–H and O–H groups in total. The number of ketones is 1. The van der Waals surface area contributed by atoms with E-state index in [4.69, 9.17) is 4.74 Å². The highest BCUT2D eigenvalue weighted by Gasteiger charge is 2.46. The summed E-state index contributed by atoms with van der Waals surface area (Å²) in [6, 6.07) is 11.4. The molecule has 7 heteroatoms. The summed E-state index contributed by atoms with van der Waals surface area (Å²) >= 11 is 0. The van der Waals surface area contributed by atoms with Crippen LogP contribution in [0.25, 0.3) is 5.76 Å². The number of likely N-dealkylation sites (N-methyl/N-ethyl adjacent to an activating group) is 1. The number of hydrogen-bond acceptors (Lipinski definition) is 4. The molecule has 0 aliphatic carbocycles. The molecule has 1 atom stereocenters. The van der Waals surface area contributed by atoms with Crippen LogP contribution < -0.4 is 9.64 Å². The highest BCUT2D eigenvalue weighted by atomic mass is 19.1. The van der Waals surface area contributed by atoms with Crippen molar-refractivity contribution in [2.45, 2.75) is 6.04 Å². The second-order valence-corrected chi connectivity index (χ2v) is 7.23. The van der Waals surface area contributed by atoms with E-state index in [-0.39, 0.29) is 11.3 Å². The number of aliphatic hydroxyl groups is 1. The molecule has 0 aromatic heterocycles. The number of quaternary nitrogens is 1. The van der Waals surface area contributed by atoms with Crippen LogP contribution in [0.2, 0.25) is 0 Å². The zero-order chi connectivity index (χ0) is 21.1. The summed E-state index contributed by atoms with van der Waals surface area (Å²) < 4.78 is 18.6. The highest BCUT2D eigenvalue weighted by Crippen LogP contribution is 2.39. The number of aliphatic hydroxyl groups excluding tert-OH is 1. The SMILES string of the molecule is COc1cccc(C(O)=C2C(=O)C(=O)N(CC[NH+](C)C)[C@H]2c2ccc(F)cc2)c1. The summed E-state index contributed by atoms with van der Waals surface area (Å²) in [5, 5.41) is 11.0. The molecule has 152 valence electrons. The lowest BCUT2D eigenvalue weighted by atomic mass is 9.95. The van der Waals surface area contributed by atoms with Gasteiger partial charge in [0.1, 0.15) is 17.3 Å². The summed E-state index contributed by atoms with van der Waals surface area (Å²) in [5.74, 6) is -1.62. The molecule has 2 aromatic rings. The molecular weight excluding hydrogens is 375 g/mol. The van der Waals surface area contributed by atoms with Gasteiger partial charge in [-0.05, 0) is 29.8 Å². The first-order valence-corrected chi connectivity index (χ1v) is 9.30. The first kappa shape index (κ1) is 20.5. The Labute approximate surface area is 168 Å². The summed E-state index contributed by atoms with van der Waals surface area (Å²) in [4.78, 5) is 28.2. The van der Waals surface area contributed by atoms with Crippen LogP contribution in [-0.2, 0) is 9.59 Å². The molecule has 0 bridgehead atoms. The molecule has 0 spiro atoms. The average molecular weight is 399 g/mol. The van der Waals surface area contributed by atoms with Crippen molar-refractivity contribution in [1.82, 2.24) is 4.90 Å². The molecule has 1 fully saturated rings. The number of benzene rings is 2. The summed E-state index contributed by atoms with van der Waals surface area (Å²) in [5.41, 5.74) is 0.917. The second kappa shape index (κ2) is 8.45. The Balaban J connectivity index is 2.14. The Kier molecular flexibility index (Phi) is 5.98. The molecule has 1 saturated heterocycles. The van der Waals surface area contributed by atoms with Crippen molar-refractivity contribution in [2.75, 3.05) is 34.3 Å². The third-order valence-corrected chi connectivity index (χ3v) is 4.92. The number of Topliss-reactive ketones (excluding diaryl/α,β-unsaturated/α-hetero) is 1. The van der Waals surface area contributed by atoms with Gasteiger partial charge in [0.2, 0.25) is 0 Å². The van der Waals surface area contributed by atoms with Gasteiger partial charge in [0.05, 0.1) is 45.9 Å². The van der Waals surface area contributed by atoms with E-state index in [0.717, 1.165) is 4.90 Å². The maximum absolute atomic E-state index is 13.5. The minimum Gasteiger partial charge on any atom is -0.507 e. The van der Waals surface area contributed by atoms with Gasteiger partial charge in [-0.1, -0.05) is 24.3 Å². The first-order valence-electron chi connectivity index (χ1n) is 9.30. The third-order valence-electron chi connectivity index (χ3n) is 4.92. The minimum absolute atomic E-state index is 0.0105. The third kappa shape index (κ3) is 4.14. The lowest BCUT2D eigenvalue weighted by Crippen LogP contribution is -3.06. The fourth-order valence-corrected chi connectivity index (χ4v) is 3.37. The van der Waals surface area contributed by atoms with Gasteiger partial charge in [-0.3, -0.25) is 9.59 Å². The van der Waals surface area contributed by atoms with Crippen molar-refractivity contribution in [3.05, 3.63) is 71.0 Å². The molecule has 0 radical (unpaired) electrons. The van der Waals surface area contributed by atoms with Crippen molar-refractivity contribution in [2.24, 2.45) is 0 Å². The Morgan fingerprint density at radius 1 is 1.17 bits per heavy atom. The zero-order valence-electron chi connectivity index (χ0n) is 16.6. The Morgan fingerprint density at radius 2 is 1.86 bits per heavy atom. The quantitative estimate of drug-likeness (QED) is 0.438.